The molecule has 0 bridgehead atoms. The molecule has 4 rings (SSSR count). The van der Waals surface area contributed by atoms with Crippen LogP contribution in [-0.4, -0.2) is 49.0 Å². The van der Waals surface area contributed by atoms with E-state index in [1.165, 1.54) is 0 Å². The fourth-order valence-corrected chi connectivity index (χ4v) is 4.17. The number of rotatable bonds is 5. The number of amides is 4. The number of methoxy groups -OCH3 is 1. The molecule has 0 unspecified atom stereocenters. The summed E-state index contributed by atoms with van der Waals surface area (Å²) in [6.07, 6.45) is 3.84. The first-order valence-corrected chi connectivity index (χ1v) is 11.0. The highest BCUT2D eigenvalue weighted by Crippen LogP contribution is 2.38. The number of urea groups is 1. The van der Waals surface area contributed by atoms with E-state index >= 15 is 0 Å². The number of likely N-dealkylation sites (N-methyl/N-ethyl adjacent to an activating group) is 1. The molecule has 0 aliphatic carbocycles. The summed E-state index contributed by atoms with van der Waals surface area (Å²) >= 11 is 0. The maximum Gasteiger partial charge on any atom is 0.329 e. The van der Waals surface area contributed by atoms with Gasteiger partial charge < -0.3 is 20.3 Å². The van der Waals surface area contributed by atoms with Gasteiger partial charge in [0.25, 0.3) is 5.91 Å². The van der Waals surface area contributed by atoms with Crippen LogP contribution in [0.15, 0.2) is 54.2 Å². The normalized spacial score (nSPS) is 17.9. The molecule has 0 atom stereocenters. The highest BCUT2D eigenvalue weighted by Gasteiger charge is 2.35. The smallest absolute Gasteiger partial charge is 0.329 e. The molecule has 0 spiro atoms. The molecule has 2 heterocycles. The lowest BCUT2D eigenvalue weighted by Gasteiger charge is -2.40. The van der Waals surface area contributed by atoms with Crippen molar-refractivity contribution >= 4 is 40.9 Å². The summed E-state index contributed by atoms with van der Waals surface area (Å²) in [4.78, 5) is 40.7. The third-order valence-corrected chi connectivity index (χ3v) is 6.19. The summed E-state index contributed by atoms with van der Waals surface area (Å²) < 4.78 is 5.09. The lowest BCUT2D eigenvalue weighted by molar-refractivity contribution is -0.127. The van der Waals surface area contributed by atoms with Gasteiger partial charge in [0.1, 0.15) is 18.0 Å². The largest absolute Gasteiger partial charge is 0.497 e. The van der Waals surface area contributed by atoms with Crippen molar-refractivity contribution < 1.29 is 19.1 Å². The number of benzene rings is 2. The van der Waals surface area contributed by atoms with E-state index in [0.717, 1.165) is 27.3 Å². The van der Waals surface area contributed by atoms with Gasteiger partial charge in [-0.1, -0.05) is 12.1 Å². The summed E-state index contributed by atoms with van der Waals surface area (Å²) in [5.74, 6) is -0.363. The van der Waals surface area contributed by atoms with E-state index in [0.29, 0.717) is 11.4 Å². The average Bonchev–Trinajstić information content (AvgIpc) is 3.05. The topological polar surface area (TPSA) is 91.0 Å². The third kappa shape index (κ3) is 4.39. The molecule has 0 radical (unpaired) electrons. The molecular formula is C26H28N4O4. The second-order valence-electron chi connectivity index (χ2n) is 8.97. The molecule has 1 fully saturated rings. The minimum atomic E-state index is -0.628. The molecule has 34 heavy (non-hydrogen) atoms. The van der Waals surface area contributed by atoms with Crippen LogP contribution in [0.3, 0.4) is 0 Å². The third-order valence-electron chi connectivity index (χ3n) is 6.19. The molecule has 2 aromatic rings. The maximum atomic E-state index is 12.8. The molecule has 2 aliphatic rings. The van der Waals surface area contributed by atoms with Gasteiger partial charge in [-0.25, -0.2) is 9.69 Å². The van der Waals surface area contributed by atoms with Crippen molar-refractivity contribution in [1.82, 2.24) is 10.2 Å². The van der Waals surface area contributed by atoms with Gasteiger partial charge in [0.05, 0.1) is 12.6 Å². The van der Waals surface area contributed by atoms with Gasteiger partial charge in [-0.3, -0.25) is 9.59 Å². The van der Waals surface area contributed by atoms with Crippen LogP contribution in [0.4, 0.5) is 16.2 Å². The van der Waals surface area contributed by atoms with Crippen LogP contribution in [0, 0.1) is 0 Å². The van der Waals surface area contributed by atoms with E-state index in [1.807, 2.05) is 18.2 Å². The van der Waals surface area contributed by atoms with Crippen LogP contribution in [0.2, 0.25) is 0 Å². The highest BCUT2D eigenvalue weighted by atomic mass is 16.5. The molecule has 2 aromatic carbocycles. The summed E-state index contributed by atoms with van der Waals surface area (Å²) in [7, 11) is 3.60. The van der Waals surface area contributed by atoms with Crippen LogP contribution in [0.5, 0.6) is 5.75 Å². The number of allylic oxidation sites excluding steroid dienone is 1. The van der Waals surface area contributed by atoms with Gasteiger partial charge in [-0.2, -0.15) is 0 Å². The number of nitrogens with one attached hydrogen (secondary N) is 2. The first-order valence-electron chi connectivity index (χ1n) is 11.0. The minimum Gasteiger partial charge on any atom is -0.497 e. The second-order valence-corrected chi connectivity index (χ2v) is 8.97. The maximum absolute atomic E-state index is 12.8. The molecule has 1 saturated heterocycles. The van der Waals surface area contributed by atoms with Crippen molar-refractivity contribution in [1.29, 1.82) is 0 Å². The van der Waals surface area contributed by atoms with Gasteiger partial charge in [0.2, 0.25) is 5.91 Å². The van der Waals surface area contributed by atoms with E-state index < -0.39 is 17.8 Å². The van der Waals surface area contributed by atoms with Crippen molar-refractivity contribution in [2.75, 3.05) is 30.9 Å². The van der Waals surface area contributed by atoms with Crippen molar-refractivity contribution in [3.05, 3.63) is 65.4 Å². The highest BCUT2D eigenvalue weighted by molar-refractivity contribution is 6.16. The summed E-state index contributed by atoms with van der Waals surface area (Å²) in [6, 6.07) is 12.1. The van der Waals surface area contributed by atoms with Crippen molar-refractivity contribution in [3.8, 4) is 5.75 Å². The van der Waals surface area contributed by atoms with Crippen molar-refractivity contribution in [2.45, 2.75) is 26.3 Å². The Morgan fingerprint density at radius 2 is 1.85 bits per heavy atom. The monoisotopic (exact) mass is 460 g/mol. The zero-order valence-corrected chi connectivity index (χ0v) is 19.9. The lowest BCUT2D eigenvalue weighted by Crippen LogP contribution is -2.42. The Morgan fingerprint density at radius 1 is 1.15 bits per heavy atom. The average molecular weight is 461 g/mol. The molecule has 8 nitrogen and oxygen atoms in total. The lowest BCUT2D eigenvalue weighted by atomic mass is 9.88. The number of anilines is 2. The minimum absolute atomic E-state index is 0.0979. The number of imide groups is 1. The zero-order valence-electron chi connectivity index (χ0n) is 19.9. The number of nitrogens with zero attached hydrogens (tertiary/aromatic N) is 2. The van der Waals surface area contributed by atoms with E-state index in [4.69, 9.17) is 4.74 Å². The number of fused-ring (bicyclic) bond motifs is 1. The van der Waals surface area contributed by atoms with Crippen LogP contribution < -0.4 is 20.3 Å². The molecule has 2 N–H and O–H groups in total. The Kier molecular flexibility index (Phi) is 5.91. The predicted octanol–water partition coefficient (Wildman–Crippen LogP) is 3.86. The Labute approximate surface area is 198 Å². The molecule has 4 amide bonds. The van der Waals surface area contributed by atoms with E-state index in [1.54, 1.807) is 37.5 Å². The first kappa shape index (κ1) is 23.1. The van der Waals surface area contributed by atoms with Crippen molar-refractivity contribution in [2.24, 2.45) is 0 Å². The Balaban J connectivity index is 1.49. The van der Waals surface area contributed by atoms with Gasteiger partial charge in [-0.05, 0) is 74.4 Å². The number of ether oxygens (including phenoxy) is 1. The zero-order chi connectivity index (χ0) is 24.6. The number of hydrogen-bond donors (Lipinski definition) is 2. The molecule has 2 aliphatic heterocycles. The standard InChI is InChI=1S/C26H28N4O4/c1-16-14-26(2,3)29(4)22-11-6-17(12-20(16)22)13-21-24(32)30(25(33)28-21)15-23(31)27-18-7-9-19(34-5)10-8-18/h6-14H,15H2,1-5H3,(H,27,31)(H,28,33)/b21-13+. The van der Waals surface area contributed by atoms with Gasteiger partial charge in [0, 0.05) is 24.0 Å². The van der Waals surface area contributed by atoms with E-state index in [-0.39, 0.29) is 17.8 Å². The SMILES string of the molecule is COc1ccc(NC(=O)CN2C(=O)N/C(=C/c3ccc4c(c3)C(C)=CC(C)(C)N4C)C2=O)cc1. The Bertz CT molecular complexity index is 1230. The van der Waals surface area contributed by atoms with Crippen molar-refractivity contribution in [3.63, 3.8) is 0 Å². The fourth-order valence-electron chi connectivity index (χ4n) is 4.17. The summed E-state index contributed by atoms with van der Waals surface area (Å²) in [5, 5.41) is 5.25. The molecular weight excluding hydrogens is 432 g/mol. The summed E-state index contributed by atoms with van der Waals surface area (Å²) in [5.41, 5.74) is 4.69. The number of carbonyl (C=O) groups is 3. The van der Waals surface area contributed by atoms with Gasteiger partial charge in [-0.15, -0.1) is 0 Å². The fraction of sp³-hybridized carbons (Fsp3) is 0.269. The second kappa shape index (κ2) is 8.70. The van der Waals surface area contributed by atoms with E-state index in [2.05, 4.69) is 49.4 Å². The quantitative estimate of drug-likeness (QED) is 0.522. The van der Waals surface area contributed by atoms with Gasteiger partial charge >= 0.3 is 6.03 Å². The number of hydrogen-bond acceptors (Lipinski definition) is 5. The molecule has 176 valence electrons. The van der Waals surface area contributed by atoms with Crippen LogP contribution in [0.1, 0.15) is 31.9 Å². The Hall–Kier alpha value is -4.07. The van der Waals surface area contributed by atoms with Crippen LogP contribution in [0.25, 0.3) is 11.6 Å². The molecule has 0 saturated carbocycles. The number of carbonyl (C=O) groups excluding carboxylic acids is 3. The Morgan fingerprint density at radius 3 is 2.53 bits per heavy atom. The van der Waals surface area contributed by atoms with Crippen LogP contribution >= 0.6 is 0 Å². The first-order chi connectivity index (χ1) is 16.1. The predicted molar refractivity (Wildman–Crippen MR) is 132 cm³/mol. The molecule has 8 heteroatoms. The molecule has 0 aromatic heterocycles. The summed E-state index contributed by atoms with van der Waals surface area (Å²) in [6.45, 7) is 5.99. The van der Waals surface area contributed by atoms with Gasteiger partial charge in [0.15, 0.2) is 0 Å². The van der Waals surface area contributed by atoms with E-state index in [9.17, 15) is 14.4 Å². The van der Waals surface area contributed by atoms with Crippen LogP contribution in [-0.2, 0) is 9.59 Å².